The van der Waals surface area contributed by atoms with Gasteiger partial charge in [-0.3, -0.25) is 0 Å². The maximum Gasteiger partial charge on any atom is 0.214 e. The van der Waals surface area contributed by atoms with Gasteiger partial charge in [0.2, 0.25) is 8.38 Å². The van der Waals surface area contributed by atoms with Gasteiger partial charge in [-0.25, -0.2) is 0 Å². The molecule has 0 saturated heterocycles. The SMILES string of the molecule is CC(C)(C)CC(=N)P(O)O. The van der Waals surface area contributed by atoms with Gasteiger partial charge in [-0.05, 0) is 11.8 Å². The van der Waals surface area contributed by atoms with E-state index in [2.05, 4.69) is 0 Å². The van der Waals surface area contributed by atoms with Crippen LogP contribution in [0.4, 0.5) is 0 Å². The average molecular weight is 163 g/mol. The zero-order valence-electron chi connectivity index (χ0n) is 6.55. The van der Waals surface area contributed by atoms with Crippen LogP contribution in [0.25, 0.3) is 0 Å². The van der Waals surface area contributed by atoms with Crippen LogP contribution in [0.3, 0.4) is 0 Å². The van der Waals surface area contributed by atoms with Crippen molar-refractivity contribution in [2.24, 2.45) is 5.41 Å². The summed E-state index contributed by atoms with van der Waals surface area (Å²) in [6.07, 6.45) is 0.450. The van der Waals surface area contributed by atoms with Gasteiger partial charge in [0.1, 0.15) is 0 Å². The highest BCUT2D eigenvalue weighted by molar-refractivity contribution is 7.64. The van der Waals surface area contributed by atoms with E-state index in [9.17, 15) is 0 Å². The second-order valence-corrected chi connectivity index (χ2v) is 4.59. The van der Waals surface area contributed by atoms with Crippen molar-refractivity contribution in [3.05, 3.63) is 0 Å². The first-order chi connectivity index (χ1) is 4.33. The predicted molar refractivity (Wildman–Crippen MR) is 43.2 cm³/mol. The van der Waals surface area contributed by atoms with E-state index in [1.807, 2.05) is 20.8 Å². The molecule has 60 valence electrons. The molecule has 0 amide bonds. The molecular formula is C6H14NO2P. The molecule has 0 fully saturated rings. The molecule has 0 aliphatic carbocycles. The molecule has 0 atom stereocenters. The molecule has 0 aromatic heterocycles. The molecule has 0 aromatic carbocycles. The van der Waals surface area contributed by atoms with Crippen molar-refractivity contribution in [3.8, 4) is 0 Å². The standard InChI is InChI=1S/C6H14NO2P/c1-6(2,3)4-5(7)10(8)9/h7-9H,4H2,1-3H3. The summed E-state index contributed by atoms with van der Waals surface area (Å²) in [5.41, 5.74) is 0.0193. The third kappa shape index (κ3) is 4.86. The van der Waals surface area contributed by atoms with Crippen molar-refractivity contribution in [2.75, 3.05) is 0 Å². The van der Waals surface area contributed by atoms with E-state index in [0.717, 1.165) is 0 Å². The Bertz CT molecular complexity index is 128. The van der Waals surface area contributed by atoms with E-state index in [-0.39, 0.29) is 10.9 Å². The molecule has 0 heterocycles. The quantitative estimate of drug-likeness (QED) is 0.428. The van der Waals surface area contributed by atoms with E-state index in [1.165, 1.54) is 0 Å². The van der Waals surface area contributed by atoms with Gasteiger partial charge in [-0.1, -0.05) is 20.8 Å². The van der Waals surface area contributed by atoms with Crippen molar-refractivity contribution < 1.29 is 9.79 Å². The van der Waals surface area contributed by atoms with Gasteiger partial charge in [-0.15, -0.1) is 0 Å². The van der Waals surface area contributed by atoms with E-state index < -0.39 is 8.38 Å². The molecule has 3 nitrogen and oxygen atoms in total. The minimum Gasteiger partial charge on any atom is -0.346 e. The van der Waals surface area contributed by atoms with Crippen LogP contribution in [0, 0.1) is 10.8 Å². The highest BCUT2D eigenvalue weighted by Gasteiger charge is 2.17. The second-order valence-electron chi connectivity index (χ2n) is 3.47. The van der Waals surface area contributed by atoms with Crippen molar-refractivity contribution in [1.29, 1.82) is 5.41 Å². The fourth-order valence-corrected chi connectivity index (χ4v) is 1.19. The maximum absolute atomic E-state index is 8.58. The highest BCUT2D eigenvalue weighted by atomic mass is 31.2. The van der Waals surface area contributed by atoms with Crippen LogP contribution in [0.15, 0.2) is 0 Å². The van der Waals surface area contributed by atoms with Gasteiger partial charge in [-0.2, -0.15) is 0 Å². The second kappa shape index (κ2) is 3.42. The van der Waals surface area contributed by atoms with Crippen molar-refractivity contribution in [3.63, 3.8) is 0 Å². The molecule has 0 bridgehead atoms. The minimum atomic E-state index is -2.14. The smallest absolute Gasteiger partial charge is 0.214 e. The Morgan fingerprint density at radius 1 is 1.40 bits per heavy atom. The third-order valence-electron chi connectivity index (χ3n) is 0.939. The van der Waals surface area contributed by atoms with E-state index in [4.69, 9.17) is 15.2 Å². The Kier molecular flexibility index (Phi) is 3.43. The molecule has 0 radical (unpaired) electrons. The van der Waals surface area contributed by atoms with Crippen LogP contribution in [0.2, 0.25) is 0 Å². The van der Waals surface area contributed by atoms with Crippen LogP contribution in [-0.2, 0) is 0 Å². The monoisotopic (exact) mass is 163 g/mol. The first-order valence-electron chi connectivity index (χ1n) is 3.08. The number of rotatable bonds is 2. The summed E-state index contributed by atoms with van der Waals surface area (Å²) >= 11 is 0. The molecule has 3 N–H and O–H groups in total. The van der Waals surface area contributed by atoms with Crippen LogP contribution in [-0.4, -0.2) is 15.2 Å². The Labute approximate surface area is 62.5 Å². The minimum absolute atomic E-state index is 0.0247. The van der Waals surface area contributed by atoms with Crippen LogP contribution in [0.1, 0.15) is 27.2 Å². The highest BCUT2D eigenvalue weighted by Crippen LogP contribution is 2.32. The number of hydrogen-bond acceptors (Lipinski definition) is 3. The maximum atomic E-state index is 8.58. The lowest BCUT2D eigenvalue weighted by atomic mass is 9.93. The van der Waals surface area contributed by atoms with Crippen LogP contribution < -0.4 is 0 Å². The molecule has 4 heteroatoms. The Morgan fingerprint density at radius 2 is 1.80 bits per heavy atom. The zero-order chi connectivity index (χ0) is 8.36. The molecule has 10 heavy (non-hydrogen) atoms. The van der Waals surface area contributed by atoms with Gasteiger partial charge in [0.15, 0.2) is 0 Å². The summed E-state index contributed by atoms with van der Waals surface area (Å²) in [5, 5.41) is 7.13. The molecule has 0 aliphatic heterocycles. The number of nitrogens with one attached hydrogen (secondary N) is 1. The van der Waals surface area contributed by atoms with Gasteiger partial charge >= 0.3 is 0 Å². The van der Waals surface area contributed by atoms with Crippen LogP contribution >= 0.6 is 8.38 Å². The van der Waals surface area contributed by atoms with E-state index in [0.29, 0.717) is 6.42 Å². The summed E-state index contributed by atoms with van der Waals surface area (Å²) < 4.78 is 0. The topological polar surface area (TPSA) is 64.3 Å². The van der Waals surface area contributed by atoms with Gasteiger partial charge in [0.25, 0.3) is 0 Å². The summed E-state index contributed by atoms with van der Waals surface area (Å²) in [7, 11) is -2.14. The lowest BCUT2D eigenvalue weighted by Gasteiger charge is -2.18. The van der Waals surface area contributed by atoms with Crippen LogP contribution in [0.5, 0.6) is 0 Å². The first kappa shape index (κ1) is 10.0. The lowest BCUT2D eigenvalue weighted by Crippen LogP contribution is -2.10. The molecule has 0 aliphatic rings. The molecule has 0 spiro atoms. The molecule has 0 saturated carbocycles. The first-order valence-corrected chi connectivity index (χ1v) is 4.33. The fraction of sp³-hybridized carbons (Fsp3) is 0.833. The summed E-state index contributed by atoms with van der Waals surface area (Å²) in [6.45, 7) is 5.88. The summed E-state index contributed by atoms with van der Waals surface area (Å²) in [6, 6.07) is 0. The molecule has 0 rings (SSSR count). The van der Waals surface area contributed by atoms with Crippen molar-refractivity contribution >= 4 is 13.8 Å². The third-order valence-corrected chi connectivity index (χ3v) is 1.58. The van der Waals surface area contributed by atoms with Gasteiger partial charge in [0.05, 0.1) is 5.45 Å². The molecular weight excluding hydrogens is 149 g/mol. The number of hydrogen-bond donors (Lipinski definition) is 3. The van der Waals surface area contributed by atoms with Gasteiger partial charge in [0, 0.05) is 0 Å². The van der Waals surface area contributed by atoms with Gasteiger partial charge < -0.3 is 15.2 Å². The zero-order valence-corrected chi connectivity index (χ0v) is 7.44. The predicted octanol–water partition coefficient (Wildman–Crippen LogP) is 1.70. The Hall–Kier alpha value is 0.0200. The van der Waals surface area contributed by atoms with E-state index in [1.54, 1.807) is 0 Å². The summed E-state index contributed by atoms with van der Waals surface area (Å²) in [5.74, 6) is 0. The summed E-state index contributed by atoms with van der Waals surface area (Å²) in [4.78, 5) is 17.2. The fourth-order valence-electron chi connectivity index (χ4n) is 0.573. The largest absolute Gasteiger partial charge is 0.346 e. The Morgan fingerprint density at radius 3 is 1.90 bits per heavy atom. The average Bonchev–Trinajstić information content (AvgIpc) is 1.60. The van der Waals surface area contributed by atoms with Crippen molar-refractivity contribution in [2.45, 2.75) is 27.2 Å². The van der Waals surface area contributed by atoms with Crippen molar-refractivity contribution in [1.82, 2.24) is 0 Å². The normalized spacial score (nSPS) is 12.2. The molecule has 0 unspecified atom stereocenters. The van der Waals surface area contributed by atoms with E-state index >= 15 is 0 Å². The molecule has 0 aromatic rings. The Balaban J connectivity index is 3.81. The lowest BCUT2D eigenvalue weighted by molar-refractivity contribution is 0.429.